The molecule has 0 saturated carbocycles. The molecular formula is C6H12GdO5. The summed E-state index contributed by atoms with van der Waals surface area (Å²) in [6.45, 7) is -0.642. The van der Waals surface area contributed by atoms with E-state index in [0.717, 1.165) is 0 Å². The molecule has 74 valence electrons. The van der Waals surface area contributed by atoms with E-state index in [9.17, 15) is 4.79 Å². The van der Waals surface area contributed by atoms with Gasteiger partial charge in [-0.2, -0.15) is 0 Å². The van der Waals surface area contributed by atoms with Crippen LogP contribution in [0.3, 0.4) is 0 Å². The summed E-state index contributed by atoms with van der Waals surface area (Å²) in [4.78, 5) is 9.82. The van der Waals surface area contributed by atoms with Crippen LogP contribution in [0, 0.1) is 39.9 Å². The average Bonchev–Trinajstić information content (AvgIpc) is 2.02. The Kier molecular flexibility index (Phi) is 10.8. The molecule has 0 aromatic carbocycles. The van der Waals surface area contributed by atoms with Crippen LogP contribution in [0.1, 0.15) is 6.42 Å². The molecule has 0 radical (unpaired) electrons. The van der Waals surface area contributed by atoms with Crippen molar-refractivity contribution >= 4 is 6.29 Å². The number of hydrogen-bond donors (Lipinski definition) is 4. The van der Waals surface area contributed by atoms with Crippen LogP contribution < -0.4 is 0 Å². The topological polar surface area (TPSA) is 98.0 Å². The molecule has 0 aliphatic heterocycles. The third-order valence-electron chi connectivity index (χ3n) is 1.31. The molecule has 0 aromatic rings. The van der Waals surface area contributed by atoms with Gasteiger partial charge in [0.05, 0.1) is 12.7 Å². The first-order valence-corrected chi connectivity index (χ1v) is 3.22. The van der Waals surface area contributed by atoms with Crippen molar-refractivity contribution in [2.75, 3.05) is 6.61 Å². The van der Waals surface area contributed by atoms with Crippen molar-refractivity contribution in [2.24, 2.45) is 0 Å². The zero-order valence-corrected chi connectivity index (χ0v) is 8.54. The zero-order valence-electron chi connectivity index (χ0n) is 6.27. The number of carbonyl (C=O) groups is 1. The number of carbonyl (C=O) groups excluding carboxylic acids is 1. The van der Waals surface area contributed by atoms with Crippen LogP contribution in [0.4, 0.5) is 0 Å². The minimum absolute atomic E-state index is 0. The predicted octanol–water partition coefficient (Wildman–Crippen LogP) is -2.35. The smallest absolute Gasteiger partial charge is 0.122 e. The quantitative estimate of drug-likeness (QED) is 0.425. The molecule has 12 heavy (non-hydrogen) atoms. The van der Waals surface area contributed by atoms with Gasteiger partial charge in [-0.3, -0.25) is 0 Å². The second-order valence-electron chi connectivity index (χ2n) is 2.21. The molecule has 0 heterocycles. The zero-order chi connectivity index (χ0) is 8.85. The Balaban J connectivity index is 0. The minimum atomic E-state index is -1.47. The van der Waals surface area contributed by atoms with Crippen molar-refractivity contribution in [1.29, 1.82) is 0 Å². The van der Waals surface area contributed by atoms with Gasteiger partial charge in [-0.05, 0) is 0 Å². The van der Waals surface area contributed by atoms with Gasteiger partial charge in [-0.1, -0.05) is 0 Å². The van der Waals surface area contributed by atoms with E-state index in [4.69, 9.17) is 20.4 Å². The van der Waals surface area contributed by atoms with Crippen molar-refractivity contribution in [1.82, 2.24) is 0 Å². The SMILES string of the molecule is O=CCC(O)C(O)C(O)CO.[Gd]. The van der Waals surface area contributed by atoms with E-state index in [1.54, 1.807) is 0 Å². The van der Waals surface area contributed by atoms with E-state index < -0.39 is 24.9 Å². The molecule has 4 N–H and O–H groups in total. The van der Waals surface area contributed by atoms with Gasteiger partial charge in [0.2, 0.25) is 0 Å². The monoisotopic (exact) mass is 322 g/mol. The summed E-state index contributed by atoms with van der Waals surface area (Å²) in [5.41, 5.74) is 0. The maximum atomic E-state index is 9.82. The van der Waals surface area contributed by atoms with Gasteiger partial charge < -0.3 is 25.2 Å². The second-order valence-corrected chi connectivity index (χ2v) is 2.21. The summed E-state index contributed by atoms with van der Waals surface area (Å²) in [6, 6.07) is 0. The summed E-state index contributed by atoms with van der Waals surface area (Å²) in [5, 5.41) is 34.8. The molecule has 0 aliphatic carbocycles. The molecule has 0 saturated heterocycles. The summed E-state index contributed by atoms with van der Waals surface area (Å²) >= 11 is 0. The maximum Gasteiger partial charge on any atom is 0.122 e. The van der Waals surface area contributed by atoms with E-state index in [1.807, 2.05) is 0 Å². The third kappa shape index (κ3) is 5.48. The van der Waals surface area contributed by atoms with Crippen molar-refractivity contribution in [3.63, 3.8) is 0 Å². The van der Waals surface area contributed by atoms with Crippen LogP contribution in [0.5, 0.6) is 0 Å². The molecule has 6 heteroatoms. The van der Waals surface area contributed by atoms with Crippen molar-refractivity contribution in [3.8, 4) is 0 Å². The Bertz CT molecular complexity index is 121. The van der Waals surface area contributed by atoms with Gasteiger partial charge in [-0.15, -0.1) is 0 Å². The summed E-state index contributed by atoms with van der Waals surface area (Å²) in [5.74, 6) is 0. The maximum absolute atomic E-state index is 9.82. The van der Waals surface area contributed by atoms with E-state index >= 15 is 0 Å². The molecule has 0 bridgehead atoms. The van der Waals surface area contributed by atoms with E-state index in [-0.39, 0.29) is 46.4 Å². The number of rotatable bonds is 5. The normalized spacial score (nSPS) is 17.3. The van der Waals surface area contributed by atoms with Gasteiger partial charge in [0.15, 0.2) is 0 Å². The van der Waals surface area contributed by atoms with Gasteiger partial charge in [0.25, 0.3) is 0 Å². The van der Waals surface area contributed by atoms with Crippen LogP contribution in [0.2, 0.25) is 0 Å². The van der Waals surface area contributed by atoms with Crippen LogP contribution in [0.25, 0.3) is 0 Å². The molecule has 5 nitrogen and oxygen atoms in total. The second kappa shape index (κ2) is 8.43. The summed E-state index contributed by atoms with van der Waals surface area (Å²) in [6.07, 6.45) is -4.00. The Morgan fingerprint density at radius 1 is 1.17 bits per heavy atom. The first-order chi connectivity index (χ1) is 5.13. The van der Waals surface area contributed by atoms with Crippen molar-refractivity contribution < 1.29 is 65.2 Å². The van der Waals surface area contributed by atoms with E-state index in [1.165, 1.54) is 0 Å². The minimum Gasteiger partial charge on any atom is -0.394 e. The number of hydrogen-bond acceptors (Lipinski definition) is 5. The Morgan fingerprint density at radius 3 is 2.00 bits per heavy atom. The van der Waals surface area contributed by atoms with Crippen molar-refractivity contribution in [3.05, 3.63) is 0 Å². The first kappa shape index (κ1) is 15.3. The van der Waals surface area contributed by atoms with Crippen LogP contribution in [-0.2, 0) is 4.79 Å². The van der Waals surface area contributed by atoms with E-state index in [2.05, 4.69) is 0 Å². The molecule has 0 amide bonds. The van der Waals surface area contributed by atoms with E-state index in [0.29, 0.717) is 6.29 Å². The Morgan fingerprint density at radius 2 is 1.67 bits per heavy atom. The van der Waals surface area contributed by atoms with Gasteiger partial charge >= 0.3 is 0 Å². The average molecular weight is 321 g/mol. The standard InChI is InChI=1S/C6H12O5.Gd/c7-2-1-4(9)6(11)5(10)3-8;/h2,4-6,8-11H,1,3H2;. The fourth-order valence-corrected chi connectivity index (χ4v) is 0.602. The molecule has 3 atom stereocenters. The fraction of sp³-hybridized carbons (Fsp3) is 0.833. The van der Waals surface area contributed by atoms with Gasteiger partial charge in [0.1, 0.15) is 18.5 Å². The third-order valence-corrected chi connectivity index (χ3v) is 1.31. The number of aldehydes is 1. The molecule has 0 aromatic heterocycles. The number of aliphatic hydroxyl groups excluding tert-OH is 4. The molecule has 0 aliphatic rings. The Labute approximate surface area is 102 Å². The fourth-order valence-electron chi connectivity index (χ4n) is 0.602. The van der Waals surface area contributed by atoms with Crippen molar-refractivity contribution in [2.45, 2.75) is 24.7 Å². The summed E-state index contributed by atoms with van der Waals surface area (Å²) < 4.78 is 0. The Hall–Kier alpha value is 0.835. The molecule has 0 spiro atoms. The predicted molar refractivity (Wildman–Crippen MR) is 35.8 cm³/mol. The molecular weight excluding hydrogens is 309 g/mol. The molecule has 0 fully saturated rings. The summed E-state index contributed by atoms with van der Waals surface area (Å²) in [7, 11) is 0. The molecule has 3 unspecified atom stereocenters. The molecule has 0 rings (SSSR count). The first-order valence-electron chi connectivity index (χ1n) is 3.22. The van der Waals surface area contributed by atoms with Crippen LogP contribution >= 0.6 is 0 Å². The largest absolute Gasteiger partial charge is 0.394 e. The number of aliphatic hydroxyl groups is 4. The van der Waals surface area contributed by atoms with Gasteiger partial charge in [-0.25, -0.2) is 0 Å². The van der Waals surface area contributed by atoms with Gasteiger partial charge in [0, 0.05) is 46.4 Å². The van der Waals surface area contributed by atoms with Crippen LogP contribution in [0.15, 0.2) is 0 Å². The van der Waals surface area contributed by atoms with Crippen LogP contribution in [-0.4, -0.2) is 51.6 Å².